The number of benzene rings is 1. The molecule has 1 aliphatic carbocycles. The van der Waals surface area contributed by atoms with E-state index in [0.717, 1.165) is 36.2 Å². The van der Waals surface area contributed by atoms with Crippen molar-refractivity contribution in [3.63, 3.8) is 0 Å². The quantitative estimate of drug-likeness (QED) is 0.922. The zero-order valence-electron chi connectivity index (χ0n) is 14.6. The molecule has 2 aromatic rings. The number of nitrogens with one attached hydrogen (secondary N) is 1. The van der Waals surface area contributed by atoms with E-state index in [2.05, 4.69) is 35.8 Å². The fourth-order valence-electron chi connectivity index (χ4n) is 3.14. The van der Waals surface area contributed by atoms with Gasteiger partial charge in [0.25, 0.3) is 10.2 Å². The van der Waals surface area contributed by atoms with Crippen molar-refractivity contribution in [1.29, 1.82) is 0 Å². The third kappa shape index (κ3) is 2.99. The molecule has 6 nitrogen and oxygen atoms in total. The third-order valence-electron chi connectivity index (χ3n) is 4.76. The van der Waals surface area contributed by atoms with Gasteiger partial charge in [-0.05, 0) is 50.3 Å². The zero-order valence-corrected chi connectivity index (χ0v) is 15.4. The average molecular weight is 348 g/mol. The van der Waals surface area contributed by atoms with Crippen LogP contribution in [0.15, 0.2) is 24.4 Å². The van der Waals surface area contributed by atoms with Crippen LogP contribution in [0.2, 0.25) is 0 Å². The van der Waals surface area contributed by atoms with Crippen LogP contribution in [-0.2, 0) is 16.6 Å². The summed E-state index contributed by atoms with van der Waals surface area (Å²) in [5.41, 5.74) is 5.55. The Morgan fingerprint density at radius 2 is 2.04 bits per heavy atom. The standard InChI is InChI=1S/C17H24N4O2S/c1-12-7-5-9-16(13(12)2)21-17-10-6-8-15(14(17)11-18-21)19-24(22,23)20(3)4/h5,7,9,11,15,19H,6,8,10H2,1-4H3/t15-/m1/s1. The van der Waals surface area contributed by atoms with Crippen LogP contribution >= 0.6 is 0 Å². The van der Waals surface area contributed by atoms with Crippen molar-refractivity contribution in [3.05, 3.63) is 46.8 Å². The highest BCUT2D eigenvalue weighted by Gasteiger charge is 2.29. The lowest BCUT2D eigenvalue weighted by Crippen LogP contribution is -2.39. The van der Waals surface area contributed by atoms with Crippen molar-refractivity contribution in [2.75, 3.05) is 14.1 Å². The Balaban J connectivity index is 2.00. The minimum Gasteiger partial charge on any atom is -0.237 e. The molecule has 3 rings (SSSR count). The van der Waals surface area contributed by atoms with Gasteiger partial charge in [0.05, 0.1) is 17.9 Å². The van der Waals surface area contributed by atoms with E-state index in [1.54, 1.807) is 6.20 Å². The number of aromatic nitrogens is 2. The van der Waals surface area contributed by atoms with Crippen molar-refractivity contribution in [2.24, 2.45) is 0 Å². The van der Waals surface area contributed by atoms with Gasteiger partial charge in [-0.1, -0.05) is 12.1 Å². The van der Waals surface area contributed by atoms with E-state index in [-0.39, 0.29) is 6.04 Å². The number of hydrogen-bond acceptors (Lipinski definition) is 3. The molecule has 1 aliphatic rings. The van der Waals surface area contributed by atoms with Gasteiger partial charge in [0.15, 0.2) is 0 Å². The van der Waals surface area contributed by atoms with E-state index in [9.17, 15) is 8.42 Å². The van der Waals surface area contributed by atoms with Crippen molar-refractivity contribution in [1.82, 2.24) is 18.8 Å². The van der Waals surface area contributed by atoms with Crippen molar-refractivity contribution in [2.45, 2.75) is 39.2 Å². The highest BCUT2D eigenvalue weighted by Crippen LogP contribution is 2.32. The first-order chi connectivity index (χ1) is 11.3. The summed E-state index contributed by atoms with van der Waals surface area (Å²) in [5, 5.41) is 4.56. The first kappa shape index (κ1) is 17.1. The van der Waals surface area contributed by atoms with Gasteiger partial charge in [-0.2, -0.15) is 22.5 Å². The van der Waals surface area contributed by atoms with E-state index in [4.69, 9.17) is 0 Å². The lowest BCUT2D eigenvalue weighted by Gasteiger charge is -2.25. The summed E-state index contributed by atoms with van der Waals surface area (Å²) in [6, 6.07) is 5.95. The first-order valence-corrected chi connectivity index (χ1v) is 9.58. The summed E-state index contributed by atoms with van der Waals surface area (Å²) < 4.78 is 30.3. The molecular formula is C17H24N4O2S. The highest BCUT2D eigenvalue weighted by molar-refractivity contribution is 7.87. The highest BCUT2D eigenvalue weighted by atomic mass is 32.2. The molecule has 1 heterocycles. The monoisotopic (exact) mass is 348 g/mol. The van der Waals surface area contributed by atoms with Gasteiger partial charge >= 0.3 is 0 Å². The van der Waals surface area contributed by atoms with Crippen molar-refractivity contribution >= 4 is 10.2 Å². The maximum atomic E-state index is 12.2. The Morgan fingerprint density at radius 1 is 1.29 bits per heavy atom. The van der Waals surface area contributed by atoms with Crippen LogP contribution in [-0.4, -0.2) is 36.6 Å². The van der Waals surface area contributed by atoms with E-state index in [0.29, 0.717) is 0 Å². The molecule has 0 radical (unpaired) electrons. The van der Waals surface area contributed by atoms with Gasteiger partial charge in [0.1, 0.15) is 0 Å². The normalized spacial score (nSPS) is 18.0. The van der Waals surface area contributed by atoms with Gasteiger partial charge in [0.2, 0.25) is 0 Å². The Kier molecular flexibility index (Phi) is 4.50. The molecule has 0 unspecified atom stereocenters. The maximum Gasteiger partial charge on any atom is 0.279 e. The Hall–Kier alpha value is -1.70. The molecule has 0 saturated heterocycles. The summed E-state index contributed by atoms with van der Waals surface area (Å²) in [7, 11) is -0.398. The van der Waals surface area contributed by atoms with Crippen LogP contribution in [0.4, 0.5) is 0 Å². The third-order valence-corrected chi connectivity index (χ3v) is 6.30. The predicted molar refractivity (Wildman–Crippen MR) is 94.5 cm³/mol. The van der Waals surface area contributed by atoms with E-state index < -0.39 is 10.2 Å². The van der Waals surface area contributed by atoms with Gasteiger partial charge in [-0.15, -0.1) is 0 Å². The molecule has 1 aromatic heterocycles. The fraction of sp³-hybridized carbons (Fsp3) is 0.471. The number of aryl methyl sites for hydroxylation is 1. The summed E-state index contributed by atoms with van der Waals surface area (Å²) in [4.78, 5) is 0. The number of rotatable bonds is 4. The fourth-order valence-corrected chi connectivity index (χ4v) is 3.95. The van der Waals surface area contributed by atoms with Gasteiger partial charge < -0.3 is 0 Å². The average Bonchev–Trinajstić information content (AvgIpc) is 2.94. The number of fused-ring (bicyclic) bond motifs is 1. The Bertz CT molecular complexity index is 855. The minimum atomic E-state index is -3.46. The molecular weight excluding hydrogens is 324 g/mol. The molecule has 0 bridgehead atoms. The topological polar surface area (TPSA) is 67.2 Å². The zero-order chi connectivity index (χ0) is 17.5. The molecule has 24 heavy (non-hydrogen) atoms. The smallest absolute Gasteiger partial charge is 0.237 e. The maximum absolute atomic E-state index is 12.2. The lowest BCUT2D eigenvalue weighted by molar-refractivity contribution is 0.463. The number of nitrogens with zero attached hydrogens (tertiary/aromatic N) is 3. The first-order valence-electron chi connectivity index (χ1n) is 8.14. The molecule has 0 fully saturated rings. The van der Waals surface area contributed by atoms with Crippen LogP contribution in [0.5, 0.6) is 0 Å². The molecule has 1 aromatic carbocycles. The second-order valence-electron chi connectivity index (χ2n) is 6.53. The van der Waals surface area contributed by atoms with Gasteiger partial charge in [-0.25, -0.2) is 4.68 Å². The summed E-state index contributed by atoms with van der Waals surface area (Å²) in [5.74, 6) is 0. The largest absolute Gasteiger partial charge is 0.279 e. The SMILES string of the molecule is Cc1cccc(-n2ncc3c2CCC[C@H]3NS(=O)(=O)N(C)C)c1C. The van der Waals surface area contributed by atoms with Crippen LogP contribution in [0, 0.1) is 13.8 Å². The summed E-state index contributed by atoms with van der Waals surface area (Å²) in [6.45, 7) is 4.18. The molecule has 1 atom stereocenters. The van der Waals surface area contributed by atoms with Crippen molar-refractivity contribution in [3.8, 4) is 5.69 Å². The van der Waals surface area contributed by atoms with Gasteiger partial charge in [0, 0.05) is 25.4 Å². The minimum absolute atomic E-state index is 0.222. The molecule has 0 aliphatic heterocycles. The molecule has 0 saturated carbocycles. The lowest BCUT2D eigenvalue weighted by atomic mass is 9.93. The molecule has 0 spiro atoms. The van der Waals surface area contributed by atoms with E-state index >= 15 is 0 Å². The Labute approximate surface area is 143 Å². The second-order valence-corrected chi connectivity index (χ2v) is 8.44. The Morgan fingerprint density at radius 3 is 2.75 bits per heavy atom. The predicted octanol–water partition coefficient (Wildman–Crippen LogP) is 2.26. The molecule has 130 valence electrons. The molecule has 0 amide bonds. The van der Waals surface area contributed by atoms with Crippen LogP contribution in [0.25, 0.3) is 5.69 Å². The molecule has 7 heteroatoms. The van der Waals surface area contributed by atoms with E-state index in [1.165, 1.54) is 29.5 Å². The number of hydrogen-bond donors (Lipinski definition) is 1. The van der Waals surface area contributed by atoms with E-state index in [1.807, 2.05) is 10.7 Å². The summed E-state index contributed by atoms with van der Waals surface area (Å²) >= 11 is 0. The second kappa shape index (κ2) is 6.31. The molecule has 1 N–H and O–H groups in total. The van der Waals surface area contributed by atoms with Gasteiger partial charge in [-0.3, -0.25) is 0 Å². The van der Waals surface area contributed by atoms with Crippen molar-refractivity contribution < 1.29 is 8.42 Å². The summed E-state index contributed by atoms with van der Waals surface area (Å²) in [6.07, 6.45) is 4.44. The van der Waals surface area contributed by atoms with Crippen LogP contribution in [0.1, 0.15) is 41.3 Å². The van der Waals surface area contributed by atoms with Crippen LogP contribution in [0.3, 0.4) is 0 Å². The van der Waals surface area contributed by atoms with Crippen LogP contribution < -0.4 is 4.72 Å².